The van der Waals surface area contributed by atoms with E-state index in [-0.39, 0.29) is 30.5 Å². The number of rotatable bonds is 7. The predicted octanol–water partition coefficient (Wildman–Crippen LogP) is 1.95. The van der Waals surface area contributed by atoms with Crippen LogP contribution in [-0.4, -0.2) is 49.0 Å². The first-order valence-corrected chi connectivity index (χ1v) is 11.4. The van der Waals surface area contributed by atoms with E-state index in [9.17, 15) is 22.8 Å². The van der Waals surface area contributed by atoms with Gasteiger partial charge in [0.2, 0.25) is 15.9 Å². The molecule has 1 saturated heterocycles. The van der Waals surface area contributed by atoms with Crippen LogP contribution in [-0.2, 0) is 19.6 Å². The Bertz CT molecular complexity index is 938. The van der Waals surface area contributed by atoms with Crippen molar-refractivity contribution < 1.29 is 22.8 Å². The van der Waals surface area contributed by atoms with Crippen LogP contribution in [0.1, 0.15) is 44.6 Å². The highest BCUT2D eigenvalue weighted by molar-refractivity contribution is 7.92. The zero-order chi connectivity index (χ0) is 21.2. The number of aryl methyl sites for hydroxylation is 1. The van der Waals surface area contributed by atoms with Crippen molar-refractivity contribution in [1.29, 1.82) is 0 Å². The molecule has 29 heavy (non-hydrogen) atoms. The van der Waals surface area contributed by atoms with E-state index >= 15 is 0 Å². The fraction of sp³-hybridized carbons (Fsp3) is 0.526. The molecular formula is C19H26N4O5S. The van der Waals surface area contributed by atoms with E-state index in [0.29, 0.717) is 29.8 Å². The van der Waals surface area contributed by atoms with Crippen LogP contribution in [0.3, 0.4) is 0 Å². The van der Waals surface area contributed by atoms with E-state index in [1.807, 2.05) is 0 Å². The van der Waals surface area contributed by atoms with Crippen molar-refractivity contribution in [2.24, 2.45) is 0 Å². The maximum atomic E-state index is 12.6. The number of carbonyl (C=O) groups is 3. The van der Waals surface area contributed by atoms with Crippen molar-refractivity contribution in [2.45, 2.75) is 51.5 Å². The highest BCUT2D eigenvalue weighted by atomic mass is 32.2. The van der Waals surface area contributed by atoms with Crippen molar-refractivity contribution in [1.82, 2.24) is 10.2 Å². The smallest absolute Gasteiger partial charge is 0.325 e. The molecule has 1 saturated carbocycles. The number of imide groups is 1. The topological polar surface area (TPSA) is 125 Å². The van der Waals surface area contributed by atoms with Crippen LogP contribution in [0.15, 0.2) is 18.2 Å². The Morgan fingerprint density at radius 2 is 1.93 bits per heavy atom. The average Bonchev–Trinajstić information content (AvgIpc) is 3.21. The molecule has 1 aromatic carbocycles. The fourth-order valence-corrected chi connectivity index (χ4v) is 4.44. The zero-order valence-corrected chi connectivity index (χ0v) is 17.4. The summed E-state index contributed by atoms with van der Waals surface area (Å²) < 4.78 is 25.9. The third-order valence-corrected chi connectivity index (χ3v) is 6.71. The monoisotopic (exact) mass is 422 g/mol. The molecule has 1 heterocycles. The Morgan fingerprint density at radius 3 is 2.55 bits per heavy atom. The van der Waals surface area contributed by atoms with Crippen LogP contribution in [0.4, 0.5) is 16.2 Å². The van der Waals surface area contributed by atoms with Gasteiger partial charge in [0.25, 0.3) is 5.91 Å². The molecular weight excluding hydrogens is 396 g/mol. The van der Waals surface area contributed by atoms with Crippen molar-refractivity contribution in [2.75, 3.05) is 22.3 Å². The van der Waals surface area contributed by atoms with Crippen LogP contribution in [0.5, 0.6) is 0 Å². The third-order valence-electron chi connectivity index (χ3n) is 5.42. The second kappa shape index (κ2) is 8.02. The summed E-state index contributed by atoms with van der Waals surface area (Å²) >= 11 is 0. The van der Waals surface area contributed by atoms with E-state index in [2.05, 4.69) is 15.4 Å². The zero-order valence-electron chi connectivity index (χ0n) is 16.6. The summed E-state index contributed by atoms with van der Waals surface area (Å²) in [4.78, 5) is 38.1. The number of benzene rings is 1. The largest absolute Gasteiger partial charge is 0.326 e. The molecule has 0 bridgehead atoms. The van der Waals surface area contributed by atoms with Gasteiger partial charge in [0, 0.05) is 18.7 Å². The average molecular weight is 423 g/mol. The van der Waals surface area contributed by atoms with Gasteiger partial charge in [-0.15, -0.1) is 0 Å². The molecule has 0 radical (unpaired) electrons. The van der Waals surface area contributed by atoms with E-state index in [4.69, 9.17) is 0 Å². The lowest BCUT2D eigenvalue weighted by Gasteiger charge is -2.19. The minimum Gasteiger partial charge on any atom is -0.326 e. The summed E-state index contributed by atoms with van der Waals surface area (Å²) in [6.07, 6.45) is 3.09. The van der Waals surface area contributed by atoms with Crippen molar-refractivity contribution in [3.05, 3.63) is 23.8 Å². The summed E-state index contributed by atoms with van der Waals surface area (Å²) in [6.45, 7) is 3.30. The van der Waals surface area contributed by atoms with E-state index in [0.717, 1.165) is 17.7 Å². The second-order valence-corrected chi connectivity index (χ2v) is 9.52. The van der Waals surface area contributed by atoms with Crippen LogP contribution >= 0.6 is 0 Å². The van der Waals surface area contributed by atoms with E-state index < -0.39 is 21.6 Å². The summed E-state index contributed by atoms with van der Waals surface area (Å²) in [5.74, 6) is -0.606. The number of nitrogens with one attached hydrogen (secondary N) is 3. The van der Waals surface area contributed by atoms with Gasteiger partial charge in [0.15, 0.2) is 0 Å². The summed E-state index contributed by atoms with van der Waals surface area (Å²) in [5.41, 5.74) is 0.853. The molecule has 0 unspecified atom stereocenters. The maximum absolute atomic E-state index is 12.6. The number of sulfonamides is 1. The molecule has 1 aliphatic carbocycles. The van der Waals surface area contributed by atoms with Crippen molar-refractivity contribution in [3.8, 4) is 0 Å². The summed E-state index contributed by atoms with van der Waals surface area (Å²) in [6, 6.07) is 4.40. The van der Waals surface area contributed by atoms with Gasteiger partial charge < -0.3 is 10.6 Å². The third kappa shape index (κ3) is 4.52. The minimum absolute atomic E-state index is 0.0154. The van der Waals surface area contributed by atoms with Gasteiger partial charge in [-0.25, -0.2) is 13.2 Å². The molecule has 2 aliphatic rings. The first-order chi connectivity index (χ1) is 13.7. The van der Waals surface area contributed by atoms with Gasteiger partial charge in [0.05, 0.1) is 11.4 Å². The number of nitrogens with zero attached hydrogens (tertiary/aromatic N) is 1. The minimum atomic E-state index is -3.38. The SMILES string of the molecule is CCS(=O)(=O)Nc1ccc(NC(=O)CCN2C(=O)NC3(CCCC3)C2=O)cc1C. The Kier molecular flexibility index (Phi) is 5.83. The predicted molar refractivity (Wildman–Crippen MR) is 109 cm³/mol. The molecule has 4 amide bonds. The molecule has 158 valence electrons. The molecule has 3 rings (SSSR count). The normalized spacial score (nSPS) is 18.2. The lowest BCUT2D eigenvalue weighted by atomic mass is 9.98. The van der Waals surface area contributed by atoms with Crippen molar-refractivity contribution in [3.63, 3.8) is 0 Å². The maximum Gasteiger partial charge on any atom is 0.325 e. The molecule has 2 fully saturated rings. The van der Waals surface area contributed by atoms with Gasteiger partial charge in [-0.1, -0.05) is 12.8 Å². The first kappa shape index (κ1) is 21.1. The lowest BCUT2D eigenvalue weighted by Crippen LogP contribution is -2.44. The van der Waals surface area contributed by atoms with Gasteiger partial charge in [-0.05, 0) is 50.5 Å². The Labute approximate surface area is 170 Å². The van der Waals surface area contributed by atoms with Gasteiger partial charge in [-0.2, -0.15) is 0 Å². The number of urea groups is 1. The molecule has 1 aromatic rings. The number of anilines is 2. The van der Waals surface area contributed by atoms with E-state index in [1.54, 1.807) is 32.0 Å². The summed E-state index contributed by atoms with van der Waals surface area (Å²) in [5, 5.41) is 5.50. The molecule has 10 heteroatoms. The Balaban J connectivity index is 1.56. The molecule has 0 atom stereocenters. The standard InChI is InChI=1S/C19H26N4O5S/c1-3-29(27,28)22-15-7-6-14(12-13(15)2)20-16(24)8-11-23-17(25)19(21-18(23)26)9-4-5-10-19/h6-7,12,22H,3-5,8-11H2,1-2H3,(H,20,24)(H,21,26). The van der Waals surface area contributed by atoms with Crippen molar-refractivity contribution >= 4 is 39.2 Å². The molecule has 1 aliphatic heterocycles. The van der Waals surface area contributed by atoms with Crippen LogP contribution in [0, 0.1) is 6.92 Å². The Morgan fingerprint density at radius 1 is 1.24 bits per heavy atom. The van der Waals surface area contributed by atoms with Crippen LogP contribution < -0.4 is 15.4 Å². The number of amides is 4. The van der Waals surface area contributed by atoms with Crippen LogP contribution in [0.2, 0.25) is 0 Å². The fourth-order valence-electron chi connectivity index (χ4n) is 3.73. The lowest BCUT2D eigenvalue weighted by molar-refractivity contribution is -0.131. The Hall–Kier alpha value is -2.62. The number of hydrogen-bond acceptors (Lipinski definition) is 5. The van der Waals surface area contributed by atoms with Gasteiger partial charge >= 0.3 is 6.03 Å². The second-order valence-electron chi connectivity index (χ2n) is 7.51. The number of carbonyl (C=O) groups excluding carboxylic acids is 3. The molecule has 0 aromatic heterocycles. The highest BCUT2D eigenvalue weighted by Gasteiger charge is 2.52. The number of hydrogen-bond donors (Lipinski definition) is 3. The van der Waals surface area contributed by atoms with Gasteiger partial charge in [0.1, 0.15) is 5.54 Å². The first-order valence-electron chi connectivity index (χ1n) is 9.71. The van der Waals surface area contributed by atoms with Crippen LogP contribution in [0.25, 0.3) is 0 Å². The molecule has 1 spiro atoms. The quantitative estimate of drug-likeness (QED) is 0.579. The highest BCUT2D eigenvalue weighted by Crippen LogP contribution is 2.35. The molecule has 3 N–H and O–H groups in total. The van der Waals surface area contributed by atoms with Gasteiger partial charge in [-0.3, -0.25) is 19.2 Å². The molecule has 9 nitrogen and oxygen atoms in total. The summed E-state index contributed by atoms with van der Waals surface area (Å²) in [7, 11) is -3.38. The van der Waals surface area contributed by atoms with E-state index in [1.165, 1.54) is 0 Å².